The first-order chi connectivity index (χ1) is 10.1. The van der Waals surface area contributed by atoms with Crippen LogP contribution in [0.3, 0.4) is 0 Å². The van der Waals surface area contributed by atoms with E-state index in [9.17, 15) is 4.79 Å². The number of hydrogen-bond donors (Lipinski definition) is 2. The van der Waals surface area contributed by atoms with Crippen molar-refractivity contribution >= 4 is 34.8 Å². The number of nitrogens with one attached hydrogen (secondary N) is 2. The molecule has 2 rings (SSSR count). The summed E-state index contributed by atoms with van der Waals surface area (Å²) in [5, 5.41) is 7.09. The van der Waals surface area contributed by atoms with Crippen molar-refractivity contribution in [2.75, 3.05) is 11.9 Å². The average Bonchev–Trinajstić information content (AvgIpc) is 2.45. The van der Waals surface area contributed by atoms with Gasteiger partial charge in [0.05, 0.1) is 0 Å². The van der Waals surface area contributed by atoms with Crippen LogP contribution in [0.4, 0.5) is 5.69 Å². The van der Waals surface area contributed by atoms with E-state index in [1.807, 2.05) is 12.1 Å². The van der Waals surface area contributed by atoms with Crippen molar-refractivity contribution in [1.82, 2.24) is 10.3 Å². The van der Waals surface area contributed by atoms with Crippen molar-refractivity contribution in [2.45, 2.75) is 13.0 Å². The molecular formula is C15H15Cl2N3O. The largest absolute Gasteiger partial charge is 0.384 e. The highest BCUT2D eigenvalue weighted by atomic mass is 35.5. The van der Waals surface area contributed by atoms with E-state index in [2.05, 4.69) is 15.6 Å². The first kappa shape index (κ1) is 15.6. The number of carbonyl (C=O) groups excluding carboxylic acids is 1. The maximum Gasteiger partial charge on any atom is 0.222 e. The Morgan fingerprint density at radius 3 is 2.43 bits per heavy atom. The van der Waals surface area contributed by atoms with Crippen LogP contribution in [0, 0.1) is 0 Å². The van der Waals surface area contributed by atoms with Gasteiger partial charge in [-0.3, -0.25) is 9.78 Å². The molecule has 1 amide bonds. The predicted molar refractivity (Wildman–Crippen MR) is 85.7 cm³/mol. The van der Waals surface area contributed by atoms with E-state index >= 15 is 0 Å². The third kappa shape index (κ3) is 5.61. The molecule has 0 saturated carbocycles. The van der Waals surface area contributed by atoms with Gasteiger partial charge in [0.1, 0.15) is 0 Å². The Morgan fingerprint density at radius 1 is 1.10 bits per heavy atom. The monoisotopic (exact) mass is 323 g/mol. The molecule has 0 aliphatic heterocycles. The van der Waals surface area contributed by atoms with Crippen LogP contribution in [0.1, 0.15) is 12.0 Å². The summed E-state index contributed by atoms with van der Waals surface area (Å²) in [6.45, 7) is 1.02. The molecule has 21 heavy (non-hydrogen) atoms. The van der Waals surface area contributed by atoms with Crippen LogP contribution in [0.25, 0.3) is 0 Å². The van der Waals surface area contributed by atoms with Crippen LogP contribution >= 0.6 is 23.2 Å². The van der Waals surface area contributed by atoms with E-state index in [1.54, 1.807) is 30.6 Å². The van der Waals surface area contributed by atoms with Crippen molar-refractivity contribution in [3.05, 3.63) is 58.3 Å². The second-order valence-electron chi connectivity index (χ2n) is 4.47. The van der Waals surface area contributed by atoms with Gasteiger partial charge in [-0.1, -0.05) is 23.2 Å². The summed E-state index contributed by atoms with van der Waals surface area (Å²) in [5.74, 6) is -0.0209. The fourth-order valence-electron chi connectivity index (χ4n) is 1.77. The number of anilines is 1. The number of carbonyl (C=O) groups is 1. The maximum atomic E-state index is 11.7. The van der Waals surface area contributed by atoms with Gasteiger partial charge in [-0.25, -0.2) is 0 Å². The summed E-state index contributed by atoms with van der Waals surface area (Å²) in [6, 6.07) is 8.93. The molecule has 0 unspecified atom stereocenters. The number of amides is 1. The van der Waals surface area contributed by atoms with Gasteiger partial charge in [-0.15, -0.1) is 0 Å². The minimum absolute atomic E-state index is 0.0209. The van der Waals surface area contributed by atoms with Gasteiger partial charge in [0.15, 0.2) is 0 Å². The molecule has 110 valence electrons. The minimum Gasteiger partial charge on any atom is -0.384 e. The Labute approximate surface area is 133 Å². The number of aromatic nitrogens is 1. The third-order valence-corrected chi connectivity index (χ3v) is 3.22. The van der Waals surface area contributed by atoms with Gasteiger partial charge in [0.2, 0.25) is 5.91 Å². The lowest BCUT2D eigenvalue weighted by Crippen LogP contribution is -2.24. The van der Waals surface area contributed by atoms with Crippen LogP contribution in [-0.2, 0) is 11.3 Å². The van der Waals surface area contributed by atoms with Gasteiger partial charge >= 0.3 is 0 Å². The number of benzene rings is 1. The van der Waals surface area contributed by atoms with Crippen LogP contribution in [0.5, 0.6) is 0 Å². The van der Waals surface area contributed by atoms with Crippen LogP contribution < -0.4 is 10.6 Å². The Morgan fingerprint density at radius 2 is 1.76 bits per heavy atom. The van der Waals surface area contributed by atoms with E-state index in [1.165, 1.54) is 0 Å². The molecule has 0 bridgehead atoms. The lowest BCUT2D eigenvalue weighted by molar-refractivity contribution is -0.121. The van der Waals surface area contributed by atoms with Gasteiger partial charge in [0.25, 0.3) is 0 Å². The molecule has 0 aliphatic rings. The van der Waals surface area contributed by atoms with Gasteiger partial charge in [-0.05, 0) is 35.9 Å². The quantitative estimate of drug-likeness (QED) is 0.855. The van der Waals surface area contributed by atoms with Crippen molar-refractivity contribution in [3.8, 4) is 0 Å². The van der Waals surface area contributed by atoms with Crippen LogP contribution in [-0.4, -0.2) is 17.4 Å². The number of nitrogens with zero attached hydrogens (tertiary/aromatic N) is 1. The summed E-state index contributed by atoms with van der Waals surface area (Å²) in [5.41, 5.74) is 1.82. The molecular weight excluding hydrogens is 309 g/mol. The maximum absolute atomic E-state index is 11.7. The highest BCUT2D eigenvalue weighted by Gasteiger charge is 2.02. The van der Waals surface area contributed by atoms with Crippen molar-refractivity contribution in [1.29, 1.82) is 0 Å². The van der Waals surface area contributed by atoms with Gasteiger partial charge in [-0.2, -0.15) is 0 Å². The lowest BCUT2D eigenvalue weighted by Gasteiger charge is -2.08. The highest BCUT2D eigenvalue weighted by molar-refractivity contribution is 6.35. The second-order valence-corrected chi connectivity index (χ2v) is 5.34. The van der Waals surface area contributed by atoms with E-state index < -0.39 is 0 Å². The molecule has 6 heteroatoms. The predicted octanol–water partition coefficient (Wildman–Crippen LogP) is 3.51. The fourth-order valence-corrected chi connectivity index (χ4v) is 2.29. The number of rotatable bonds is 6. The topological polar surface area (TPSA) is 54.0 Å². The number of pyridine rings is 1. The van der Waals surface area contributed by atoms with Crippen molar-refractivity contribution in [2.24, 2.45) is 0 Å². The Balaban J connectivity index is 1.72. The Kier molecular flexibility index (Phi) is 5.84. The van der Waals surface area contributed by atoms with E-state index in [0.717, 1.165) is 11.3 Å². The average molecular weight is 324 g/mol. The normalized spacial score (nSPS) is 10.2. The zero-order chi connectivity index (χ0) is 15.1. The molecule has 0 fully saturated rings. The van der Waals surface area contributed by atoms with E-state index in [-0.39, 0.29) is 5.91 Å². The first-order valence-electron chi connectivity index (χ1n) is 6.49. The molecule has 1 aromatic carbocycles. The SMILES string of the molecule is O=C(CCNc1cc(Cl)cc(Cl)c1)NCc1ccncc1. The third-order valence-electron chi connectivity index (χ3n) is 2.78. The summed E-state index contributed by atoms with van der Waals surface area (Å²) in [6.07, 6.45) is 3.77. The molecule has 2 N–H and O–H groups in total. The van der Waals surface area contributed by atoms with E-state index in [0.29, 0.717) is 29.6 Å². The zero-order valence-electron chi connectivity index (χ0n) is 11.3. The molecule has 4 nitrogen and oxygen atoms in total. The molecule has 0 radical (unpaired) electrons. The first-order valence-corrected chi connectivity index (χ1v) is 7.24. The molecule has 0 saturated heterocycles. The Bertz CT molecular complexity index is 585. The second kappa shape index (κ2) is 7.86. The standard InChI is InChI=1S/C15H15Cl2N3O/c16-12-7-13(17)9-14(8-12)19-6-3-15(21)20-10-11-1-4-18-5-2-11/h1-2,4-5,7-9,19H,3,6,10H2,(H,20,21). The summed E-state index contributed by atoms with van der Waals surface area (Å²) >= 11 is 11.8. The minimum atomic E-state index is -0.0209. The number of hydrogen-bond acceptors (Lipinski definition) is 3. The molecule has 2 aromatic rings. The smallest absolute Gasteiger partial charge is 0.222 e. The Hall–Kier alpha value is -1.78. The summed E-state index contributed by atoms with van der Waals surface area (Å²) in [7, 11) is 0. The van der Waals surface area contributed by atoms with E-state index in [4.69, 9.17) is 23.2 Å². The van der Waals surface area contributed by atoms with Crippen molar-refractivity contribution < 1.29 is 4.79 Å². The summed E-state index contributed by atoms with van der Waals surface area (Å²) in [4.78, 5) is 15.6. The molecule has 0 aliphatic carbocycles. The lowest BCUT2D eigenvalue weighted by atomic mass is 10.2. The zero-order valence-corrected chi connectivity index (χ0v) is 12.8. The van der Waals surface area contributed by atoms with Gasteiger partial charge in [0, 0.05) is 47.6 Å². The summed E-state index contributed by atoms with van der Waals surface area (Å²) < 4.78 is 0. The molecule has 1 heterocycles. The molecule has 1 aromatic heterocycles. The fraction of sp³-hybridized carbons (Fsp3) is 0.200. The molecule has 0 atom stereocenters. The molecule has 0 spiro atoms. The van der Waals surface area contributed by atoms with Crippen molar-refractivity contribution in [3.63, 3.8) is 0 Å². The number of halogens is 2. The van der Waals surface area contributed by atoms with Crippen LogP contribution in [0.15, 0.2) is 42.7 Å². The highest BCUT2D eigenvalue weighted by Crippen LogP contribution is 2.22. The van der Waals surface area contributed by atoms with Crippen LogP contribution in [0.2, 0.25) is 10.0 Å². The van der Waals surface area contributed by atoms with Gasteiger partial charge < -0.3 is 10.6 Å².